The summed E-state index contributed by atoms with van der Waals surface area (Å²) in [4.78, 5) is 11.8. The van der Waals surface area contributed by atoms with Crippen LogP contribution in [0.4, 0.5) is 11.5 Å². The molecule has 0 saturated carbocycles. The molecule has 8 heteroatoms. The first-order valence-electron chi connectivity index (χ1n) is 9.55. The first-order valence-corrected chi connectivity index (χ1v) is 10.7. The molecule has 0 radical (unpaired) electrons. The lowest BCUT2D eigenvalue weighted by atomic mass is 9.76. The second-order valence-corrected chi connectivity index (χ2v) is 9.14. The molecule has 2 aromatic rings. The predicted molar refractivity (Wildman–Crippen MR) is 112 cm³/mol. The molecule has 0 amide bonds. The zero-order valence-corrected chi connectivity index (χ0v) is 17.5. The van der Waals surface area contributed by atoms with Gasteiger partial charge in [0.15, 0.2) is 0 Å². The molecule has 1 atom stereocenters. The van der Waals surface area contributed by atoms with E-state index in [9.17, 15) is 5.11 Å². The molecular weight excluding hydrogens is 396 g/mol. The number of aromatic nitrogens is 2. The van der Waals surface area contributed by atoms with Crippen LogP contribution in [0, 0.1) is 5.41 Å². The molecule has 3 N–H and O–H groups in total. The molecule has 0 bridgehead atoms. The summed E-state index contributed by atoms with van der Waals surface area (Å²) in [5.41, 5.74) is 7.81. The average Bonchev–Trinajstić information content (AvgIpc) is 3.06. The van der Waals surface area contributed by atoms with E-state index in [0.717, 1.165) is 54.6 Å². The highest BCUT2D eigenvalue weighted by molar-refractivity contribution is 7.99. The lowest BCUT2D eigenvalue weighted by molar-refractivity contribution is 0.0976. The molecule has 0 unspecified atom stereocenters. The van der Waals surface area contributed by atoms with Gasteiger partial charge in [-0.2, -0.15) is 0 Å². The van der Waals surface area contributed by atoms with Crippen LogP contribution in [0.25, 0.3) is 0 Å². The zero-order valence-electron chi connectivity index (χ0n) is 15.9. The average molecular weight is 421 g/mol. The Labute approximate surface area is 174 Å². The van der Waals surface area contributed by atoms with Crippen molar-refractivity contribution in [2.45, 2.75) is 48.8 Å². The highest BCUT2D eigenvalue weighted by Crippen LogP contribution is 2.43. The summed E-state index contributed by atoms with van der Waals surface area (Å²) in [6, 6.07) is 5.83. The number of anilines is 2. The van der Waals surface area contributed by atoms with Crippen LogP contribution in [-0.4, -0.2) is 40.9 Å². The topological polar surface area (TPSA) is 84.5 Å². The first kappa shape index (κ1) is 19.8. The van der Waals surface area contributed by atoms with Crippen molar-refractivity contribution in [2.24, 2.45) is 5.41 Å². The third-order valence-corrected chi connectivity index (χ3v) is 7.23. The maximum absolute atomic E-state index is 9.90. The van der Waals surface area contributed by atoms with E-state index >= 15 is 0 Å². The SMILES string of the molecule is C[C@H]1CC2(CCN(c3ccc(Sc4ccnc(N)c4Cl)nc3CO)CC2)CO1. The van der Waals surface area contributed by atoms with Crippen molar-refractivity contribution in [2.75, 3.05) is 30.3 Å². The van der Waals surface area contributed by atoms with Gasteiger partial charge >= 0.3 is 0 Å². The number of hydrogen-bond acceptors (Lipinski definition) is 7. The Morgan fingerprint density at radius 3 is 2.82 bits per heavy atom. The molecule has 28 heavy (non-hydrogen) atoms. The number of hydrogen-bond donors (Lipinski definition) is 2. The Morgan fingerprint density at radius 2 is 2.14 bits per heavy atom. The van der Waals surface area contributed by atoms with Gasteiger partial charge in [0.2, 0.25) is 0 Å². The summed E-state index contributed by atoms with van der Waals surface area (Å²) < 4.78 is 5.82. The van der Waals surface area contributed by atoms with E-state index in [2.05, 4.69) is 21.8 Å². The molecule has 4 rings (SSSR count). The Morgan fingerprint density at radius 1 is 1.36 bits per heavy atom. The van der Waals surface area contributed by atoms with Crippen molar-refractivity contribution in [1.82, 2.24) is 9.97 Å². The van der Waals surface area contributed by atoms with Crippen molar-refractivity contribution in [3.8, 4) is 0 Å². The number of piperidine rings is 1. The lowest BCUT2D eigenvalue weighted by Crippen LogP contribution is -2.41. The smallest absolute Gasteiger partial charge is 0.143 e. The Bertz CT molecular complexity index is 858. The van der Waals surface area contributed by atoms with Crippen molar-refractivity contribution >= 4 is 34.9 Å². The van der Waals surface area contributed by atoms with Crippen molar-refractivity contribution < 1.29 is 9.84 Å². The summed E-state index contributed by atoms with van der Waals surface area (Å²) in [5, 5.41) is 11.1. The summed E-state index contributed by atoms with van der Waals surface area (Å²) in [5.74, 6) is 0.304. The molecule has 6 nitrogen and oxygen atoms in total. The molecule has 0 aliphatic carbocycles. The third-order valence-electron chi connectivity index (χ3n) is 5.73. The second-order valence-electron chi connectivity index (χ2n) is 7.70. The predicted octanol–water partition coefficient (Wildman–Crippen LogP) is 3.75. The molecule has 2 aromatic heterocycles. The minimum atomic E-state index is -0.0995. The summed E-state index contributed by atoms with van der Waals surface area (Å²) in [6.07, 6.45) is 5.38. The maximum atomic E-state index is 9.90. The van der Waals surface area contributed by atoms with Gasteiger partial charge in [-0.25, -0.2) is 9.97 Å². The van der Waals surface area contributed by atoms with Crippen LogP contribution in [0.2, 0.25) is 5.02 Å². The third kappa shape index (κ3) is 3.94. The number of rotatable bonds is 4. The van der Waals surface area contributed by atoms with Crippen molar-refractivity contribution in [1.29, 1.82) is 0 Å². The number of nitrogens with two attached hydrogens (primary N) is 1. The summed E-state index contributed by atoms with van der Waals surface area (Å²) in [7, 11) is 0. The highest BCUT2D eigenvalue weighted by atomic mass is 35.5. The van der Waals surface area contributed by atoms with E-state index in [1.807, 2.05) is 18.2 Å². The maximum Gasteiger partial charge on any atom is 0.143 e. The van der Waals surface area contributed by atoms with Crippen molar-refractivity contribution in [3.63, 3.8) is 0 Å². The lowest BCUT2D eigenvalue weighted by Gasteiger charge is -2.40. The molecule has 2 fully saturated rings. The van der Waals surface area contributed by atoms with Gasteiger partial charge in [0.1, 0.15) is 10.8 Å². The molecule has 1 spiro atoms. The Balaban J connectivity index is 1.49. The number of nitrogens with zero attached hydrogens (tertiary/aromatic N) is 3. The summed E-state index contributed by atoms with van der Waals surface area (Å²) >= 11 is 7.65. The standard InChI is InChI=1S/C20H25ClN4O2S/c1-13-10-20(12-27-13)5-8-25(9-6-20)15-2-3-17(24-14(15)11-26)28-16-4-7-23-19(22)18(16)21/h2-4,7,13,26H,5-6,8-12H2,1H3,(H2,22,23)/t13-/m0/s1. The van der Waals surface area contributed by atoms with E-state index in [1.165, 1.54) is 11.8 Å². The van der Waals surface area contributed by atoms with Gasteiger partial charge < -0.3 is 20.5 Å². The number of ether oxygens (including phenoxy) is 1. The van der Waals surface area contributed by atoms with E-state index in [1.54, 1.807) is 6.20 Å². The fourth-order valence-corrected chi connectivity index (χ4v) is 5.25. The van der Waals surface area contributed by atoms with Gasteiger partial charge in [0.25, 0.3) is 0 Å². The number of pyridine rings is 2. The van der Waals surface area contributed by atoms with E-state index in [4.69, 9.17) is 22.1 Å². The van der Waals surface area contributed by atoms with Crippen LogP contribution in [0.5, 0.6) is 0 Å². The fourth-order valence-electron chi connectivity index (χ4n) is 4.19. The molecular formula is C20H25ClN4O2S. The molecule has 4 heterocycles. The Hall–Kier alpha value is -1.54. The molecule has 2 saturated heterocycles. The van der Waals surface area contributed by atoms with Gasteiger partial charge in [0, 0.05) is 24.2 Å². The second kappa shape index (κ2) is 8.06. The van der Waals surface area contributed by atoms with Gasteiger partial charge in [0.05, 0.1) is 35.7 Å². The van der Waals surface area contributed by atoms with Crippen LogP contribution in [-0.2, 0) is 11.3 Å². The van der Waals surface area contributed by atoms with Gasteiger partial charge in [-0.05, 0) is 49.8 Å². The zero-order chi connectivity index (χ0) is 19.7. The highest BCUT2D eigenvalue weighted by Gasteiger charge is 2.41. The first-order chi connectivity index (χ1) is 13.5. The van der Waals surface area contributed by atoms with E-state index in [-0.39, 0.29) is 6.61 Å². The van der Waals surface area contributed by atoms with Crippen LogP contribution < -0.4 is 10.6 Å². The Kier molecular flexibility index (Phi) is 5.69. The molecule has 150 valence electrons. The largest absolute Gasteiger partial charge is 0.390 e. The van der Waals surface area contributed by atoms with Gasteiger partial charge in [-0.1, -0.05) is 23.4 Å². The molecule has 0 aromatic carbocycles. The van der Waals surface area contributed by atoms with Gasteiger partial charge in [-0.15, -0.1) is 0 Å². The van der Waals surface area contributed by atoms with E-state index < -0.39 is 0 Å². The number of aliphatic hydroxyl groups excluding tert-OH is 1. The van der Waals surface area contributed by atoms with Crippen LogP contribution in [0.1, 0.15) is 31.9 Å². The minimum absolute atomic E-state index is 0.0995. The van der Waals surface area contributed by atoms with Crippen LogP contribution >= 0.6 is 23.4 Å². The van der Waals surface area contributed by atoms with E-state index in [0.29, 0.717) is 28.1 Å². The number of nitrogen functional groups attached to an aromatic ring is 1. The van der Waals surface area contributed by atoms with Crippen LogP contribution in [0.15, 0.2) is 34.3 Å². The normalized spacial score (nSPS) is 21.4. The fraction of sp³-hybridized carbons (Fsp3) is 0.500. The summed E-state index contributed by atoms with van der Waals surface area (Å²) in [6.45, 7) is 4.86. The molecule has 2 aliphatic rings. The quantitative estimate of drug-likeness (QED) is 0.778. The number of halogens is 1. The monoisotopic (exact) mass is 420 g/mol. The molecule has 2 aliphatic heterocycles. The van der Waals surface area contributed by atoms with Crippen molar-refractivity contribution in [3.05, 3.63) is 35.1 Å². The van der Waals surface area contributed by atoms with Gasteiger partial charge in [-0.3, -0.25) is 0 Å². The minimum Gasteiger partial charge on any atom is -0.390 e. The number of aliphatic hydroxyl groups is 1. The van der Waals surface area contributed by atoms with Crippen LogP contribution in [0.3, 0.4) is 0 Å².